The van der Waals surface area contributed by atoms with E-state index in [2.05, 4.69) is 0 Å². The maximum atomic E-state index is 12.0. The van der Waals surface area contributed by atoms with Crippen LogP contribution in [0.5, 0.6) is 5.75 Å². The maximum Gasteiger partial charge on any atom is 0.374 e. The highest BCUT2D eigenvalue weighted by Gasteiger charge is 2.30. The molecule has 5 rings (SSSR count). The smallest absolute Gasteiger partial charge is 0.374 e. The van der Waals surface area contributed by atoms with Crippen LogP contribution in [0.2, 0.25) is 5.02 Å². The number of fused-ring (bicyclic) bond motifs is 2. The minimum Gasteiger partial charge on any atom is -0.748 e. The molecule has 0 amide bonds. The number of oxazole rings is 1. The van der Waals surface area contributed by atoms with E-state index in [0.717, 1.165) is 16.7 Å². The minimum absolute atomic E-state index is 0.0697. The lowest BCUT2D eigenvalue weighted by atomic mass is 10.1. The number of hydrogen-bond acceptors (Lipinski definition) is 8. The van der Waals surface area contributed by atoms with Crippen molar-refractivity contribution in [1.29, 1.82) is 0 Å². The fraction of sp³-hybridized carbons (Fsp3) is 0.258. The van der Waals surface area contributed by atoms with E-state index >= 15 is 0 Å². The zero-order valence-electron chi connectivity index (χ0n) is 24.0. The lowest BCUT2D eigenvalue weighted by molar-refractivity contribution is -0.677. The molecule has 0 fully saturated rings. The summed E-state index contributed by atoms with van der Waals surface area (Å²) in [7, 11) is -8.73. The van der Waals surface area contributed by atoms with Gasteiger partial charge in [-0.1, -0.05) is 54.9 Å². The van der Waals surface area contributed by atoms with Crippen molar-refractivity contribution in [3.63, 3.8) is 0 Å². The largest absolute Gasteiger partial charge is 0.748 e. The van der Waals surface area contributed by atoms with Gasteiger partial charge < -0.3 is 18.6 Å². The van der Waals surface area contributed by atoms with Crippen molar-refractivity contribution in [2.75, 3.05) is 17.2 Å². The third-order valence-electron chi connectivity index (χ3n) is 7.28. The quantitative estimate of drug-likeness (QED) is 0.157. The van der Waals surface area contributed by atoms with Crippen LogP contribution in [0.25, 0.3) is 28.3 Å². The second kappa shape index (κ2) is 12.7. The molecule has 1 atom stereocenters. The molecule has 1 aromatic heterocycles. The van der Waals surface area contributed by atoms with E-state index in [1.165, 1.54) is 6.92 Å². The van der Waals surface area contributed by atoms with Crippen LogP contribution in [0, 0.1) is 0 Å². The number of aromatic nitrogens is 1. The molecule has 0 spiro atoms. The third-order valence-corrected chi connectivity index (χ3v) is 9.47. The minimum atomic E-state index is -4.40. The van der Waals surface area contributed by atoms with E-state index in [1.807, 2.05) is 55.5 Å². The van der Waals surface area contributed by atoms with Crippen molar-refractivity contribution in [3.05, 3.63) is 95.2 Å². The molecular weight excluding hydrogens is 628 g/mol. The highest BCUT2D eigenvalue weighted by atomic mass is 35.5. The fourth-order valence-corrected chi connectivity index (χ4v) is 5.92. The van der Waals surface area contributed by atoms with Gasteiger partial charge in [-0.25, -0.2) is 8.42 Å². The summed E-state index contributed by atoms with van der Waals surface area (Å²) >= 11 is 6.23. The van der Waals surface area contributed by atoms with Gasteiger partial charge in [-0.2, -0.15) is 13.0 Å². The van der Waals surface area contributed by atoms with Crippen molar-refractivity contribution in [2.24, 2.45) is 0 Å². The predicted octanol–water partition coefficient (Wildman–Crippen LogP) is 5.79. The van der Waals surface area contributed by atoms with Crippen molar-refractivity contribution >= 4 is 54.7 Å². The zero-order chi connectivity index (χ0) is 31.6. The number of benzene rings is 3. The normalized spacial score (nSPS) is 15.5. The summed E-state index contributed by atoms with van der Waals surface area (Å²) in [6.45, 7) is 3.47. The summed E-state index contributed by atoms with van der Waals surface area (Å²) in [4.78, 5) is 1.76. The first-order chi connectivity index (χ1) is 20.8. The molecule has 232 valence electrons. The molecule has 4 aromatic rings. The first-order valence-corrected chi connectivity index (χ1v) is 17.4. The highest BCUT2D eigenvalue weighted by molar-refractivity contribution is 7.86. The van der Waals surface area contributed by atoms with Crippen LogP contribution in [-0.4, -0.2) is 43.5 Å². The molecule has 2 heterocycles. The molecular formula is C31H31ClN2O8S2. The molecule has 0 bridgehead atoms. The van der Waals surface area contributed by atoms with Crippen molar-refractivity contribution < 1.29 is 39.7 Å². The van der Waals surface area contributed by atoms with Crippen LogP contribution >= 0.6 is 11.6 Å². The van der Waals surface area contributed by atoms with Crippen LogP contribution in [-0.2, 0) is 26.8 Å². The van der Waals surface area contributed by atoms with E-state index in [1.54, 1.807) is 39.8 Å². The Morgan fingerprint density at radius 1 is 1.07 bits per heavy atom. The first kappa shape index (κ1) is 31.7. The van der Waals surface area contributed by atoms with E-state index < -0.39 is 31.2 Å². The molecule has 1 unspecified atom stereocenters. The molecule has 0 saturated heterocycles. The van der Waals surface area contributed by atoms with E-state index in [4.69, 9.17) is 20.8 Å². The molecule has 44 heavy (non-hydrogen) atoms. The average molecular weight is 659 g/mol. The lowest BCUT2D eigenvalue weighted by Crippen LogP contribution is -2.42. The van der Waals surface area contributed by atoms with Crippen molar-refractivity contribution in [1.82, 2.24) is 0 Å². The molecule has 0 saturated carbocycles. The summed E-state index contributed by atoms with van der Waals surface area (Å²) in [5.74, 6) is 0.755. The molecule has 1 N–H and O–H groups in total. The van der Waals surface area contributed by atoms with Crippen LogP contribution in [0.1, 0.15) is 32.6 Å². The Balaban J connectivity index is 1.58. The van der Waals surface area contributed by atoms with Crippen LogP contribution in [0.3, 0.4) is 0 Å². The van der Waals surface area contributed by atoms with Gasteiger partial charge in [-0.05, 0) is 60.7 Å². The van der Waals surface area contributed by atoms with Gasteiger partial charge in [0.15, 0.2) is 12.3 Å². The Kier molecular flexibility index (Phi) is 9.19. The Hall–Kier alpha value is -3.68. The van der Waals surface area contributed by atoms with Crippen LogP contribution < -0.4 is 14.2 Å². The number of hydrogen-bond donors (Lipinski definition) is 1. The standard InChI is InChI=1S/C31H31ClN2O8S2/c1-3-22(16-30-33(14-7-15-43(35,36)37)27-19-25(32)11-13-29(27)41-30)17-31-34(20-21(2)44(38,39)40)26-18-24(10-12-28(26)42-31)23-8-5-4-6-9-23/h4-6,8-13,16-19,21H,3,7,14-15,20H2,1-2H3,(H-,35,36,37,38,39,40). The number of halogens is 1. The van der Waals surface area contributed by atoms with E-state index in [0.29, 0.717) is 45.8 Å². The van der Waals surface area contributed by atoms with E-state index in [-0.39, 0.29) is 19.5 Å². The van der Waals surface area contributed by atoms with Gasteiger partial charge in [-0.3, -0.25) is 4.55 Å². The van der Waals surface area contributed by atoms with Crippen LogP contribution in [0.4, 0.5) is 5.69 Å². The third kappa shape index (κ3) is 7.33. The average Bonchev–Trinajstić information content (AvgIpc) is 3.48. The number of anilines is 1. The molecule has 1 aliphatic heterocycles. The van der Waals surface area contributed by atoms with Crippen molar-refractivity contribution in [2.45, 2.75) is 38.5 Å². The number of allylic oxidation sites excluding steroid dienone is 2. The molecule has 13 heteroatoms. The van der Waals surface area contributed by atoms with Gasteiger partial charge in [0.25, 0.3) is 15.6 Å². The Labute approximate surface area is 261 Å². The maximum absolute atomic E-state index is 12.0. The second-order valence-electron chi connectivity index (χ2n) is 10.5. The highest BCUT2D eigenvalue weighted by Crippen LogP contribution is 2.41. The van der Waals surface area contributed by atoms with Crippen molar-refractivity contribution in [3.8, 4) is 16.9 Å². The van der Waals surface area contributed by atoms with Gasteiger partial charge >= 0.3 is 5.89 Å². The Morgan fingerprint density at radius 3 is 2.50 bits per heavy atom. The fourth-order valence-electron chi connectivity index (χ4n) is 4.93. The second-order valence-corrected chi connectivity index (χ2v) is 14.3. The molecule has 10 nitrogen and oxygen atoms in total. The SMILES string of the molecule is CCC(=C/c1oc2ccc(-c3ccccc3)cc2[n+]1CC(C)S(=O)(=O)O)/C=C1\Oc2ccc(Cl)cc2N1CCCS(=O)(=O)[O-]. The van der Waals surface area contributed by atoms with Gasteiger partial charge in [-0.15, -0.1) is 0 Å². The first-order valence-electron chi connectivity index (χ1n) is 13.9. The summed E-state index contributed by atoms with van der Waals surface area (Å²) < 4.78 is 81.6. The van der Waals surface area contributed by atoms with Gasteiger partial charge in [0, 0.05) is 29.5 Å². The molecule has 0 aliphatic carbocycles. The number of ether oxygens (including phenoxy) is 1. The molecule has 1 aliphatic rings. The molecule has 3 aromatic carbocycles. The Morgan fingerprint density at radius 2 is 1.82 bits per heavy atom. The summed E-state index contributed by atoms with van der Waals surface area (Å²) in [6, 6.07) is 20.5. The monoisotopic (exact) mass is 658 g/mol. The summed E-state index contributed by atoms with van der Waals surface area (Å²) in [5, 5.41) is -0.651. The Bertz CT molecular complexity index is 1970. The zero-order valence-corrected chi connectivity index (χ0v) is 26.4. The van der Waals surface area contributed by atoms with Gasteiger partial charge in [0.1, 0.15) is 5.25 Å². The van der Waals surface area contributed by atoms with Crippen LogP contribution in [0.15, 0.2) is 88.7 Å². The topological polar surface area (TPSA) is 141 Å². The van der Waals surface area contributed by atoms with Gasteiger partial charge in [0.05, 0.1) is 21.9 Å². The van der Waals surface area contributed by atoms with Gasteiger partial charge in [0.2, 0.25) is 11.5 Å². The summed E-state index contributed by atoms with van der Waals surface area (Å²) in [5.41, 5.74) is 4.45. The van der Waals surface area contributed by atoms with E-state index in [9.17, 15) is 25.9 Å². The lowest BCUT2D eigenvalue weighted by Gasteiger charge is -2.19. The molecule has 0 radical (unpaired) electrons. The number of nitrogens with zero attached hydrogens (tertiary/aromatic N) is 2. The predicted molar refractivity (Wildman–Crippen MR) is 168 cm³/mol. The summed E-state index contributed by atoms with van der Waals surface area (Å²) in [6.07, 6.45) is 4.14. The number of rotatable bonds is 11.